The first kappa shape index (κ1) is 12.4. The molecule has 0 saturated heterocycles. The summed E-state index contributed by atoms with van der Waals surface area (Å²) in [5.41, 5.74) is 3.47. The lowest BCUT2D eigenvalue weighted by molar-refractivity contribution is 0.968. The minimum Gasteiger partial charge on any atom is -0.370 e. The Kier molecular flexibility index (Phi) is 3.67. The van der Waals surface area contributed by atoms with Gasteiger partial charge in [-0.1, -0.05) is 28.9 Å². The van der Waals surface area contributed by atoms with Gasteiger partial charge in [0, 0.05) is 16.4 Å². The Morgan fingerprint density at radius 3 is 2.76 bits per heavy atom. The molecule has 1 aromatic heterocycles. The summed E-state index contributed by atoms with van der Waals surface area (Å²) >= 11 is 3.55. The fourth-order valence-electron chi connectivity index (χ4n) is 1.89. The lowest BCUT2D eigenvalue weighted by atomic mass is 10.1. The number of rotatable bonds is 3. The van der Waals surface area contributed by atoms with Crippen LogP contribution in [0, 0.1) is 13.8 Å². The summed E-state index contributed by atoms with van der Waals surface area (Å²) in [6.07, 6.45) is 1.11. The van der Waals surface area contributed by atoms with Crippen LogP contribution in [0.25, 0.3) is 10.9 Å². The Balaban J connectivity index is 2.56. The number of hydrogen-bond donors (Lipinski definition) is 1. The van der Waals surface area contributed by atoms with Gasteiger partial charge in [-0.05, 0) is 43.5 Å². The number of aryl methyl sites for hydroxylation is 2. The smallest absolute Gasteiger partial charge is 0.129 e. The minimum absolute atomic E-state index is 0.965. The van der Waals surface area contributed by atoms with Gasteiger partial charge in [0.1, 0.15) is 5.82 Å². The van der Waals surface area contributed by atoms with Crippen LogP contribution in [-0.4, -0.2) is 11.5 Å². The molecule has 0 radical (unpaired) electrons. The van der Waals surface area contributed by atoms with Gasteiger partial charge in [-0.25, -0.2) is 4.98 Å². The molecule has 1 N–H and O–H groups in total. The zero-order valence-corrected chi connectivity index (χ0v) is 12.1. The maximum absolute atomic E-state index is 4.73. The number of nitrogens with zero attached hydrogens (tertiary/aromatic N) is 1. The molecule has 0 aliphatic carbocycles. The molecule has 0 aliphatic rings. The number of anilines is 1. The quantitative estimate of drug-likeness (QED) is 0.905. The molecule has 1 aromatic carbocycles. The van der Waals surface area contributed by atoms with Gasteiger partial charge in [0.2, 0.25) is 0 Å². The van der Waals surface area contributed by atoms with Gasteiger partial charge < -0.3 is 5.32 Å². The van der Waals surface area contributed by atoms with E-state index in [0.29, 0.717) is 0 Å². The van der Waals surface area contributed by atoms with E-state index in [2.05, 4.69) is 60.2 Å². The van der Waals surface area contributed by atoms with Crippen LogP contribution in [0.2, 0.25) is 0 Å². The summed E-state index contributed by atoms with van der Waals surface area (Å²) < 4.78 is 1.11. The first-order valence-corrected chi connectivity index (χ1v) is 6.73. The highest BCUT2D eigenvalue weighted by molar-refractivity contribution is 9.10. The topological polar surface area (TPSA) is 24.9 Å². The molecule has 2 nitrogen and oxygen atoms in total. The van der Waals surface area contributed by atoms with E-state index in [-0.39, 0.29) is 0 Å². The molecule has 0 unspecified atom stereocenters. The maximum Gasteiger partial charge on any atom is 0.129 e. The second-order valence-electron chi connectivity index (χ2n) is 4.32. The van der Waals surface area contributed by atoms with Gasteiger partial charge in [-0.2, -0.15) is 0 Å². The zero-order valence-electron chi connectivity index (χ0n) is 10.5. The minimum atomic E-state index is 0.965. The second-order valence-corrected chi connectivity index (χ2v) is 5.18. The van der Waals surface area contributed by atoms with Crippen LogP contribution in [0.4, 0.5) is 5.82 Å². The van der Waals surface area contributed by atoms with Crippen molar-refractivity contribution in [2.75, 3.05) is 11.9 Å². The highest BCUT2D eigenvalue weighted by atomic mass is 79.9. The van der Waals surface area contributed by atoms with Crippen molar-refractivity contribution in [1.82, 2.24) is 4.98 Å². The van der Waals surface area contributed by atoms with E-state index in [4.69, 9.17) is 4.98 Å². The number of halogens is 1. The van der Waals surface area contributed by atoms with Gasteiger partial charge >= 0.3 is 0 Å². The maximum atomic E-state index is 4.73. The summed E-state index contributed by atoms with van der Waals surface area (Å²) in [5.74, 6) is 1.00. The van der Waals surface area contributed by atoms with Gasteiger partial charge in [-0.15, -0.1) is 0 Å². The average molecular weight is 293 g/mol. The molecule has 0 atom stereocenters. The highest BCUT2D eigenvalue weighted by Gasteiger charge is 2.06. The summed E-state index contributed by atoms with van der Waals surface area (Å²) in [6, 6.07) is 6.38. The molecule has 2 aromatic rings. The Bertz CT molecular complexity index is 549. The lowest BCUT2D eigenvalue weighted by Crippen LogP contribution is -2.04. The predicted octanol–water partition coefficient (Wildman–Crippen LogP) is 4.44. The van der Waals surface area contributed by atoms with Crippen molar-refractivity contribution in [1.29, 1.82) is 0 Å². The van der Waals surface area contributed by atoms with E-state index in [1.807, 2.05) is 0 Å². The fourth-order valence-corrected chi connectivity index (χ4v) is 2.21. The monoisotopic (exact) mass is 292 g/mol. The van der Waals surface area contributed by atoms with Crippen molar-refractivity contribution in [2.45, 2.75) is 27.2 Å². The third kappa shape index (κ3) is 2.44. The van der Waals surface area contributed by atoms with E-state index in [9.17, 15) is 0 Å². The van der Waals surface area contributed by atoms with E-state index in [0.717, 1.165) is 28.8 Å². The van der Waals surface area contributed by atoms with Gasteiger partial charge in [0.15, 0.2) is 0 Å². The van der Waals surface area contributed by atoms with Crippen molar-refractivity contribution >= 4 is 32.7 Å². The Morgan fingerprint density at radius 2 is 2.06 bits per heavy atom. The molecule has 2 rings (SSSR count). The third-order valence-corrected chi connectivity index (χ3v) is 3.77. The van der Waals surface area contributed by atoms with Crippen LogP contribution in [-0.2, 0) is 0 Å². The molecule has 1 heterocycles. The molecule has 90 valence electrons. The van der Waals surface area contributed by atoms with Crippen molar-refractivity contribution in [3.8, 4) is 0 Å². The van der Waals surface area contributed by atoms with Crippen molar-refractivity contribution in [3.63, 3.8) is 0 Å². The van der Waals surface area contributed by atoms with E-state index in [1.165, 1.54) is 16.5 Å². The molecule has 0 bridgehead atoms. The normalized spacial score (nSPS) is 10.8. The molecular formula is C14H17BrN2. The Labute approximate surface area is 111 Å². The van der Waals surface area contributed by atoms with Crippen LogP contribution in [0.1, 0.15) is 24.5 Å². The number of nitrogens with one attached hydrogen (secondary N) is 1. The number of benzene rings is 1. The van der Waals surface area contributed by atoms with Crippen LogP contribution < -0.4 is 5.32 Å². The highest BCUT2D eigenvalue weighted by Crippen LogP contribution is 2.27. The number of hydrogen-bond acceptors (Lipinski definition) is 2. The predicted molar refractivity (Wildman–Crippen MR) is 77.7 cm³/mol. The number of pyridine rings is 1. The Morgan fingerprint density at radius 1 is 1.29 bits per heavy atom. The summed E-state index contributed by atoms with van der Waals surface area (Å²) in [4.78, 5) is 4.73. The molecule has 0 saturated carbocycles. The van der Waals surface area contributed by atoms with Crippen molar-refractivity contribution in [3.05, 3.63) is 33.8 Å². The zero-order chi connectivity index (χ0) is 12.4. The lowest BCUT2D eigenvalue weighted by Gasteiger charge is -2.11. The van der Waals surface area contributed by atoms with E-state index < -0.39 is 0 Å². The first-order valence-electron chi connectivity index (χ1n) is 5.93. The second kappa shape index (κ2) is 5.05. The third-order valence-electron chi connectivity index (χ3n) is 2.91. The number of fused-ring (bicyclic) bond motifs is 1. The van der Waals surface area contributed by atoms with Crippen LogP contribution in [0.15, 0.2) is 22.7 Å². The van der Waals surface area contributed by atoms with Crippen LogP contribution in [0.3, 0.4) is 0 Å². The summed E-state index contributed by atoms with van der Waals surface area (Å²) in [7, 11) is 0. The van der Waals surface area contributed by atoms with Gasteiger partial charge in [0.05, 0.1) is 5.52 Å². The molecular weight excluding hydrogens is 276 g/mol. The van der Waals surface area contributed by atoms with Crippen LogP contribution >= 0.6 is 15.9 Å². The largest absolute Gasteiger partial charge is 0.370 e. The van der Waals surface area contributed by atoms with Crippen molar-refractivity contribution in [2.24, 2.45) is 0 Å². The SMILES string of the molecule is CCCNc1nc2c(C)c(Br)ccc2cc1C. The molecule has 0 fully saturated rings. The summed E-state index contributed by atoms with van der Waals surface area (Å²) in [6.45, 7) is 7.32. The summed E-state index contributed by atoms with van der Waals surface area (Å²) in [5, 5.41) is 4.57. The average Bonchev–Trinajstić information content (AvgIpc) is 2.32. The standard InChI is InChI=1S/C14H17BrN2/c1-4-7-16-14-9(2)8-11-5-6-12(15)10(3)13(11)17-14/h5-6,8H,4,7H2,1-3H3,(H,16,17). The molecule has 0 amide bonds. The van der Waals surface area contributed by atoms with E-state index in [1.54, 1.807) is 0 Å². The molecule has 0 spiro atoms. The number of aromatic nitrogens is 1. The van der Waals surface area contributed by atoms with Gasteiger partial charge in [0.25, 0.3) is 0 Å². The van der Waals surface area contributed by atoms with E-state index >= 15 is 0 Å². The molecule has 0 aliphatic heterocycles. The van der Waals surface area contributed by atoms with Crippen LogP contribution in [0.5, 0.6) is 0 Å². The fraction of sp³-hybridized carbons (Fsp3) is 0.357. The molecule has 17 heavy (non-hydrogen) atoms. The Hall–Kier alpha value is -1.09. The first-order chi connectivity index (χ1) is 8.13. The molecule has 3 heteroatoms. The van der Waals surface area contributed by atoms with Crippen molar-refractivity contribution < 1.29 is 0 Å². The van der Waals surface area contributed by atoms with Gasteiger partial charge in [-0.3, -0.25) is 0 Å².